The van der Waals surface area contributed by atoms with Crippen molar-refractivity contribution in [2.45, 2.75) is 18.4 Å². The van der Waals surface area contributed by atoms with Gasteiger partial charge in [-0.3, -0.25) is 0 Å². The lowest BCUT2D eigenvalue weighted by molar-refractivity contribution is -0.0622. The van der Waals surface area contributed by atoms with Gasteiger partial charge >= 0.3 is 0 Å². The molecule has 2 aromatic heterocycles. The van der Waals surface area contributed by atoms with E-state index in [0.29, 0.717) is 11.7 Å². The van der Waals surface area contributed by atoms with E-state index in [4.69, 9.17) is 9.26 Å². The lowest BCUT2D eigenvalue weighted by Gasteiger charge is -2.32. The Balaban J connectivity index is 1.92. The number of hydrogen-bond donors (Lipinski definition) is 1. The summed E-state index contributed by atoms with van der Waals surface area (Å²) in [7, 11) is 1.69. The summed E-state index contributed by atoms with van der Waals surface area (Å²) < 4.78 is 11.0. The van der Waals surface area contributed by atoms with Crippen LogP contribution in [0.5, 0.6) is 0 Å². The maximum absolute atomic E-state index is 5.64. The molecule has 0 unspecified atom stereocenters. The minimum Gasteiger partial charge on any atom is -0.368 e. The third kappa shape index (κ3) is 1.94. The van der Waals surface area contributed by atoms with Gasteiger partial charge in [-0.2, -0.15) is 4.98 Å². The number of nitrogens with zero attached hydrogens (tertiary/aromatic N) is 3. The third-order valence-electron chi connectivity index (χ3n) is 3.28. The molecule has 1 fully saturated rings. The summed E-state index contributed by atoms with van der Waals surface area (Å²) in [5.41, 5.74) is 2.05. The van der Waals surface area contributed by atoms with Crippen LogP contribution in [0.4, 0.5) is 0 Å². The number of piperidine rings is 1. The zero-order chi connectivity index (χ0) is 12.4. The van der Waals surface area contributed by atoms with Crippen LogP contribution in [0, 0.1) is 0 Å². The van der Waals surface area contributed by atoms with E-state index in [0.717, 1.165) is 31.6 Å². The maximum atomic E-state index is 5.64. The molecule has 18 heavy (non-hydrogen) atoms. The fourth-order valence-electron chi connectivity index (χ4n) is 2.17. The molecule has 1 saturated heterocycles. The third-order valence-corrected chi connectivity index (χ3v) is 3.87. The van der Waals surface area contributed by atoms with Crippen molar-refractivity contribution < 1.29 is 9.26 Å². The number of nitrogens with one attached hydrogen (secondary N) is 1. The SMILES string of the molecule is COC1(c2nc(-c3cscn3)no2)CCNCC1. The molecule has 1 aliphatic heterocycles. The van der Waals surface area contributed by atoms with Crippen LogP contribution in [0.15, 0.2) is 15.4 Å². The van der Waals surface area contributed by atoms with Crippen LogP contribution in [0.3, 0.4) is 0 Å². The molecule has 1 aliphatic rings. The van der Waals surface area contributed by atoms with E-state index in [1.807, 2.05) is 5.38 Å². The largest absolute Gasteiger partial charge is 0.368 e. The minimum absolute atomic E-state index is 0.452. The Morgan fingerprint density at radius 2 is 2.28 bits per heavy atom. The highest BCUT2D eigenvalue weighted by molar-refractivity contribution is 7.07. The van der Waals surface area contributed by atoms with Crippen molar-refractivity contribution >= 4 is 11.3 Å². The first-order valence-corrected chi connectivity index (χ1v) is 6.77. The van der Waals surface area contributed by atoms with E-state index in [9.17, 15) is 0 Å². The van der Waals surface area contributed by atoms with E-state index in [2.05, 4.69) is 20.4 Å². The molecule has 0 aromatic carbocycles. The Bertz CT molecular complexity index is 505. The lowest BCUT2D eigenvalue weighted by Crippen LogP contribution is -2.41. The molecule has 0 bridgehead atoms. The van der Waals surface area contributed by atoms with Crippen LogP contribution in [0.25, 0.3) is 11.5 Å². The monoisotopic (exact) mass is 266 g/mol. The van der Waals surface area contributed by atoms with E-state index in [-0.39, 0.29) is 0 Å². The molecule has 96 valence electrons. The van der Waals surface area contributed by atoms with Crippen LogP contribution in [-0.2, 0) is 10.3 Å². The molecule has 0 aliphatic carbocycles. The lowest BCUT2D eigenvalue weighted by atomic mass is 9.92. The van der Waals surface area contributed by atoms with E-state index >= 15 is 0 Å². The zero-order valence-corrected chi connectivity index (χ0v) is 10.9. The van der Waals surface area contributed by atoms with Crippen molar-refractivity contribution in [1.29, 1.82) is 0 Å². The van der Waals surface area contributed by atoms with Crippen molar-refractivity contribution in [2.24, 2.45) is 0 Å². The van der Waals surface area contributed by atoms with E-state index in [1.54, 1.807) is 12.6 Å². The Kier molecular flexibility index (Phi) is 3.11. The first-order chi connectivity index (χ1) is 8.84. The summed E-state index contributed by atoms with van der Waals surface area (Å²) >= 11 is 1.51. The topological polar surface area (TPSA) is 73.1 Å². The van der Waals surface area contributed by atoms with Crippen molar-refractivity contribution in [3.8, 4) is 11.5 Å². The molecule has 6 nitrogen and oxygen atoms in total. The van der Waals surface area contributed by atoms with Gasteiger partial charge in [0, 0.05) is 12.5 Å². The Morgan fingerprint density at radius 1 is 1.44 bits per heavy atom. The molecular weight excluding hydrogens is 252 g/mol. The average molecular weight is 266 g/mol. The summed E-state index contributed by atoms with van der Waals surface area (Å²) in [6.07, 6.45) is 1.67. The smallest absolute Gasteiger partial charge is 0.259 e. The first kappa shape index (κ1) is 11.8. The standard InChI is InChI=1S/C11H14N4O2S/c1-16-11(2-4-12-5-3-11)10-14-9(15-17-10)8-6-18-7-13-8/h6-7,12H,2-5H2,1H3. The molecular formula is C11H14N4O2S. The number of thiazole rings is 1. The van der Waals surface area contributed by atoms with Crippen LogP contribution in [-0.4, -0.2) is 35.3 Å². The van der Waals surface area contributed by atoms with Crippen molar-refractivity contribution in [3.63, 3.8) is 0 Å². The molecule has 2 aromatic rings. The van der Waals surface area contributed by atoms with Crippen molar-refractivity contribution in [1.82, 2.24) is 20.4 Å². The summed E-state index contributed by atoms with van der Waals surface area (Å²) in [5, 5.41) is 9.18. The van der Waals surface area contributed by atoms with Gasteiger partial charge in [0.25, 0.3) is 5.89 Å². The van der Waals surface area contributed by atoms with Gasteiger partial charge in [0.1, 0.15) is 11.3 Å². The number of ether oxygens (including phenoxy) is 1. The van der Waals surface area contributed by atoms with Gasteiger partial charge in [-0.05, 0) is 25.9 Å². The maximum Gasteiger partial charge on any atom is 0.259 e. The molecule has 0 atom stereocenters. The highest BCUT2D eigenvalue weighted by Gasteiger charge is 2.39. The second kappa shape index (κ2) is 4.75. The highest BCUT2D eigenvalue weighted by atomic mass is 32.1. The second-order valence-corrected chi connectivity index (χ2v) is 4.96. The zero-order valence-electron chi connectivity index (χ0n) is 10.0. The van der Waals surface area contributed by atoms with E-state index in [1.165, 1.54) is 11.3 Å². The van der Waals surface area contributed by atoms with Crippen LogP contribution < -0.4 is 5.32 Å². The van der Waals surface area contributed by atoms with Gasteiger partial charge < -0.3 is 14.6 Å². The minimum atomic E-state index is -0.452. The molecule has 7 heteroatoms. The fraction of sp³-hybridized carbons (Fsp3) is 0.545. The van der Waals surface area contributed by atoms with Gasteiger partial charge in [-0.15, -0.1) is 11.3 Å². The van der Waals surface area contributed by atoms with Crippen LogP contribution in [0.2, 0.25) is 0 Å². The van der Waals surface area contributed by atoms with Crippen LogP contribution >= 0.6 is 11.3 Å². The number of aromatic nitrogens is 3. The predicted molar refractivity (Wildman–Crippen MR) is 66.2 cm³/mol. The summed E-state index contributed by atoms with van der Waals surface area (Å²) in [5.74, 6) is 1.08. The van der Waals surface area contributed by atoms with Crippen molar-refractivity contribution in [2.75, 3.05) is 20.2 Å². The fourth-order valence-corrected chi connectivity index (χ4v) is 2.70. The van der Waals surface area contributed by atoms with Gasteiger partial charge in [-0.1, -0.05) is 5.16 Å². The molecule has 3 rings (SSSR count). The number of methoxy groups -OCH3 is 1. The average Bonchev–Trinajstić information content (AvgIpc) is 3.10. The van der Waals surface area contributed by atoms with E-state index < -0.39 is 5.60 Å². The van der Waals surface area contributed by atoms with Gasteiger partial charge in [0.2, 0.25) is 5.82 Å². The Hall–Kier alpha value is -1.31. The van der Waals surface area contributed by atoms with Gasteiger partial charge in [-0.25, -0.2) is 4.98 Å². The highest BCUT2D eigenvalue weighted by Crippen LogP contribution is 2.33. The predicted octanol–water partition coefficient (Wildman–Crippen LogP) is 1.42. The number of hydrogen-bond acceptors (Lipinski definition) is 7. The second-order valence-electron chi connectivity index (χ2n) is 4.25. The van der Waals surface area contributed by atoms with Crippen molar-refractivity contribution in [3.05, 3.63) is 16.8 Å². The Morgan fingerprint density at radius 3 is 2.94 bits per heavy atom. The van der Waals surface area contributed by atoms with Gasteiger partial charge in [0.05, 0.1) is 5.51 Å². The summed E-state index contributed by atoms with van der Waals surface area (Å²) in [4.78, 5) is 8.61. The molecule has 0 saturated carbocycles. The quantitative estimate of drug-likeness (QED) is 0.905. The molecule has 0 radical (unpaired) electrons. The number of rotatable bonds is 3. The summed E-state index contributed by atoms with van der Waals surface area (Å²) in [6, 6.07) is 0. The summed E-state index contributed by atoms with van der Waals surface area (Å²) in [6.45, 7) is 1.78. The molecule has 3 heterocycles. The Labute approximate surface area is 108 Å². The molecule has 0 spiro atoms. The first-order valence-electron chi connectivity index (χ1n) is 5.83. The molecule has 1 N–H and O–H groups in total. The molecule has 0 amide bonds. The van der Waals surface area contributed by atoms with Gasteiger partial charge in [0.15, 0.2) is 0 Å². The normalized spacial score (nSPS) is 18.9. The van der Waals surface area contributed by atoms with Crippen LogP contribution in [0.1, 0.15) is 18.7 Å².